The van der Waals surface area contributed by atoms with Crippen LogP contribution in [0.3, 0.4) is 0 Å². The number of amides is 1. The molecule has 0 aromatic heterocycles. The van der Waals surface area contributed by atoms with E-state index < -0.39 is 29.9 Å². The third-order valence-electron chi connectivity index (χ3n) is 2.34. The molecule has 8 heteroatoms. The van der Waals surface area contributed by atoms with E-state index in [1.807, 2.05) is 0 Å². The highest BCUT2D eigenvalue weighted by atomic mass is 19.4. The van der Waals surface area contributed by atoms with E-state index in [9.17, 15) is 31.1 Å². The van der Waals surface area contributed by atoms with Gasteiger partial charge in [-0.3, -0.25) is 4.79 Å². The molecular weight excluding hydrogens is 276 g/mol. The summed E-state index contributed by atoms with van der Waals surface area (Å²) < 4.78 is 74.0. The fraction of sp³-hybridized carbons (Fsp3) is 0.364. The van der Waals surface area contributed by atoms with Gasteiger partial charge in [-0.25, -0.2) is 4.39 Å². The van der Waals surface area contributed by atoms with Crippen molar-refractivity contribution < 1.29 is 31.1 Å². The molecule has 1 aromatic carbocycles. The summed E-state index contributed by atoms with van der Waals surface area (Å²) in [4.78, 5) is 10.9. The van der Waals surface area contributed by atoms with Crippen molar-refractivity contribution in [3.05, 3.63) is 35.6 Å². The monoisotopic (exact) mass is 285 g/mol. The Hall–Kier alpha value is -1.73. The van der Waals surface area contributed by atoms with Crippen molar-refractivity contribution >= 4 is 5.91 Å². The maximum Gasteiger partial charge on any atom is 0.463 e. The first kappa shape index (κ1) is 15.3. The SMILES string of the molecule is CC(NC(=O)C(F)(F)C(F)(F)F)c1cccc(F)c1. The average Bonchev–Trinajstić information content (AvgIpc) is 2.27. The molecule has 0 spiro atoms. The minimum absolute atomic E-state index is 0.0753. The standard InChI is InChI=1S/C11H9F6NO/c1-6(7-3-2-4-8(12)5-7)18-9(19)10(13,14)11(15,16)17/h2-6H,1H3,(H,18,19). The Balaban J connectivity index is 2.83. The lowest BCUT2D eigenvalue weighted by Crippen LogP contribution is -2.50. The molecule has 1 unspecified atom stereocenters. The van der Waals surface area contributed by atoms with Crippen molar-refractivity contribution in [3.63, 3.8) is 0 Å². The third kappa shape index (κ3) is 3.39. The topological polar surface area (TPSA) is 29.1 Å². The lowest BCUT2D eigenvalue weighted by atomic mass is 10.1. The minimum atomic E-state index is -5.97. The molecule has 0 heterocycles. The first-order valence-electron chi connectivity index (χ1n) is 5.06. The molecule has 106 valence electrons. The van der Waals surface area contributed by atoms with Gasteiger partial charge in [-0.05, 0) is 24.6 Å². The van der Waals surface area contributed by atoms with Crippen LogP contribution < -0.4 is 5.32 Å². The van der Waals surface area contributed by atoms with Gasteiger partial charge >= 0.3 is 18.0 Å². The molecule has 0 aliphatic rings. The summed E-state index contributed by atoms with van der Waals surface area (Å²) in [5, 5.41) is 1.49. The molecule has 1 amide bonds. The van der Waals surface area contributed by atoms with Crippen LogP contribution in [0.25, 0.3) is 0 Å². The zero-order valence-electron chi connectivity index (χ0n) is 9.56. The van der Waals surface area contributed by atoms with Crippen molar-refractivity contribution in [1.29, 1.82) is 0 Å². The predicted molar refractivity (Wildman–Crippen MR) is 54.0 cm³/mol. The van der Waals surface area contributed by atoms with Gasteiger partial charge in [-0.15, -0.1) is 0 Å². The van der Waals surface area contributed by atoms with Crippen LogP contribution in [-0.4, -0.2) is 18.0 Å². The first-order valence-corrected chi connectivity index (χ1v) is 5.06. The van der Waals surface area contributed by atoms with E-state index in [4.69, 9.17) is 0 Å². The number of carbonyl (C=O) groups is 1. The number of halogens is 6. The third-order valence-corrected chi connectivity index (χ3v) is 2.34. The van der Waals surface area contributed by atoms with E-state index in [-0.39, 0.29) is 5.56 Å². The van der Waals surface area contributed by atoms with E-state index in [0.717, 1.165) is 12.1 Å². The summed E-state index contributed by atoms with van der Waals surface area (Å²) in [5.74, 6) is -8.66. The van der Waals surface area contributed by atoms with Crippen molar-refractivity contribution in [1.82, 2.24) is 5.32 Å². The second-order valence-corrected chi connectivity index (χ2v) is 3.82. The normalized spacial score (nSPS) is 14.1. The van der Waals surface area contributed by atoms with E-state index in [1.165, 1.54) is 24.4 Å². The zero-order valence-corrected chi connectivity index (χ0v) is 9.56. The fourth-order valence-corrected chi connectivity index (χ4v) is 1.28. The van der Waals surface area contributed by atoms with Gasteiger partial charge in [0.2, 0.25) is 0 Å². The van der Waals surface area contributed by atoms with Crippen LogP contribution in [0.1, 0.15) is 18.5 Å². The van der Waals surface area contributed by atoms with Crippen molar-refractivity contribution in [3.8, 4) is 0 Å². The quantitative estimate of drug-likeness (QED) is 0.849. The number of alkyl halides is 5. The van der Waals surface area contributed by atoms with Gasteiger partial charge in [0.05, 0.1) is 6.04 Å². The zero-order chi connectivity index (χ0) is 14.8. The highest BCUT2D eigenvalue weighted by molar-refractivity contribution is 5.84. The minimum Gasteiger partial charge on any atom is -0.344 e. The van der Waals surface area contributed by atoms with Crippen LogP contribution in [0.4, 0.5) is 26.3 Å². The number of benzene rings is 1. The molecule has 1 atom stereocenters. The molecule has 1 N–H and O–H groups in total. The summed E-state index contributed by atoms with van der Waals surface area (Å²) in [6.07, 6.45) is -5.97. The van der Waals surface area contributed by atoms with Crippen LogP contribution in [-0.2, 0) is 4.79 Å². The average molecular weight is 285 g/mol. The van der Waals surface area contributed by atoms with E-state index in [1.54, 1.807) is 0 Å². The van der Waals surface area contributed by atoms with Crippen LogP contribution in [0.2, 0.25) is 0 Å². The van der Waals surface area contributed by atoms with E-state index in [0.29, 0.717) is 0 Å². The van der Waals surface area contributed by atoms with Crippen LogP contribution in [0.15, 0.2) is 24.3 Å². The van der Waals surface area contributed by atoms with Crippen molar-refractivity contribution in [2.24, 2.45) is 0 Å². The number of nitrogens with one attached hydrogen (secondary N) is 1. The Morgan fingerprint density at radius 3 is 2.26 bits per heavy atom. The van der Waals surface area contributed by atoms with Crippen molar-refractivity contribution in [2.75, 3.05) is 0 Å². The largest absolute Gasteiger partial charge is 0.463 e. The lowest BCUT2D eigenvalue weighted by Gasteiger charge is -2.21. The Kier molecular flexibility index (Phi) is 4.12. The van der Waals surface area contributed by atoms with Gasteiger partial charge in [0, 0.05) is 0 Å². The maximum atomic E-state index is 12.8. The Morgan fingerprint density at radius 2 is 1.79 bits per heavy atom. The smallest absolute Gasteiger partial charge is 0.344 e. The summed E-state index contributed by atoms with van der Waals surface area (Å²) in [6.45, 7) is 1.17. The van der Waals surface area contributed by atoms with Crippen LogP contribution in [0.5, 0.6) is 0 Å². The van der Waals surface area contributed by atoms with Gasteiger partial charge in [0.1, 0.15) is 5.82 Å². The lowest BCUT2D eigenvalue weighted by molar-refractivity contribution is -0.270. The van der Waals surface area contributed by atoms with Crippen LogP contribution in [0, 0.1) is 5.82 Å². The maximum absolute atomic E-state index is 12.8. The molecule has 1 rings (SSSR count). The molecule has 2 nitrogen and oxygen atoms in total. The molecule has 19 heavy (non-hydrogen) atoms. The molecule has 0 saturated carbocycles. The summed E-state index contributed by atoms with van der Waals surface area (Å²) in [5.41, 5.74) is 0.0753. The van der Waals surface area contributed by atoms with E-state index in [2.05, 4.69) is 0 Å². The Labute approximate surface area is 104 Å². The molecule has 0 aliphatic heterocycles. The molecule has 0 saturated heterocycles. The Bertz CT molecular complexity index is 470. The summed E-state index contributed by atoms with van der Waals surface area (Å²) >= 11 is 0. The summed E-state index contributed by atoms with van der Waals surface area (Å²) in [6, 6.07) is 3.35. The molecular formula is C11H9F6NO. The number of hydrogen-bond donors (Lipinski definition) is 1. The number of hydrogen-bond acceptors (Lipinski definition) is 1. The van der Waals surface area contributed by atoms with Gasteiger partial charge in [-0.2, -0.15) is 22.0 Å². The number of rotatable bonds is 3. The van der Waals surface area contributed by atoms with E-state index >= 15 is 0 Å². The molecule has 1 aromatic rings. The number of carbonyl (C=O) groups excluding carboxylic acids is 1. The second-order valence-electron chi connectivity index (χ2n) is 3.82. The Morgan fingerprint density at radius 1 is 1.21 bits per heavy atom. The predicted octanol–water partition coefficient (Wildman–Crippen LogP) is 3.20. The second kappa shape index (κ2) is 5.10. The van der Waals surface area contributed by atoms with Gasteiger partial charge < -0.3 is 5.32 Å². The van der Waals surface area contributed by atoms with Crippen LogP contribution >= 0.6 is 0 Å². The molecule has 0 aliphatic carbocycles. The highest BCUT2D eigenvalue weighted by Crippen LogP contribution is 2.35. The van der Waals surface area contributed by atoms with Gasteiger partial charge in [0.25, 0.3) is 0 Å². The summed E-state index contributed by atoms with van der Waals surface area (Å²) in [7, 11) is 0. The van der Waals surface area contributed by atoms with Gasteiger partial charge in [-0.1, -0.05) is 12.1 Å². The molecule has 0 bridgehead atoms. The van der Waals surface area contributed by atoms with Gasteiger partial charge in [0.15, 0.2) is 0 Å². The fourth-order valence-electron chi connectivity index (χ4n) is 1.28. The molecule has 0 radical (unpaired) electrons. The molecule has 0 fully saturated rings. The first-order chi connectivity index (χ1) is 8.55. The van der Waals surface area contributed by atoms with Crippen molar-refractivity contribution in [2.45, 2.75) is 25.1 Å². The highest BCUT2D eigenvalue weighted by Gasteiger charge is 2.63.